The Balaban J connectivity index is 1.01. The van der Waals surface area contributed by atoms with E-state index >= 15 is 0 Å². The number of ether oxygens (including phenoxy) is 1. The Morgan fingerprint density at radius 2 is 1.82 bits per heavy atom. The van der Waals surface area contributed by atoms with Crippen molar-refractivity contribution < 1.29 is 9.84 Å². The number of anilines is 2. The molecule has 0 amide bonds. The molecule has 5 aliphatic heterocycles. The largest absolute Gasteiger partial charge is 0.508 e. The number of piperazine rings is 1. The molecule has 6 aliphatic rings. The van der Waals surface area contributed by atoms with E-state index in [9.17, 15) is 5.11 Å². The summed E-state index contributed by atoms with van der Waals surface area (Å²) in [5.74, 6) is 3.01. The highest BCUT2D eigenvalue weighted by Gasteiger charge is 2.51. The summed E-state index contributed by atoms with van der Waals surface area (Å²) in [5.41, 5.74) is 3.43. The molecule has 6 heterocycles. The minimum Gasteiger partial charge on any atom is -0.508 e. The fraction of sp³-hybridized carbons (Fsp3) is 0.600. The van der Waals surface area contributed by atoms with E-state index in [0.29, 0.717) is 37.0 Å². The second kappa shape index (κ2) is 11.2. The molecule has 5 fully saturated rings. The van der Waals surface area contributed by atoms with Crippen molar-refractivity contribution in [2.75, 3.05) is 42.6 Å². The standard InChI is InChI=1S/C35H43IN6O2/c36-28-6-1-4-21-16-24(43)17-32(33(21)28)40-14-11-27-29(20-40)38-35(39-34(27)41-18-22-9-10-23(19-41)37-22)44-15-12-26-25-5-2-7-30(25)42-13-3-8-31(26)42/h1,4,6,16-17,22-23,25-26,30-31,37,43H,2-3,5,7-15,18-20H2/t22?,23?,25-,26?,30-,31?/m0/s1. The SMILES string of the molecule is Oc1cc(N2CCc3c(nc(OCCC4C5CCCN5[C@H]5CCC[C@@H]45)nc3N3CC4CCC(C3)N4)C2)c2c(I)cccc2c1. The van der Waals surface area contributed by atoms with E-state index in [-0.39, 0.29) is 0 Å². The van der Waals surface area contributed by atoms with Gasteiger partial charge in [-0.25, -0.2) is 0 Å². The highest BCUT2D eigenvalue weighted by Crippen LogP contribution is 2.50. The van der Waals surface area contributed by atoms with Crippen LogP contribution in [0.2, 0.25) is 0 Å². The van der Waals surface area contributed by atoms with Crippen LogP contribution < -0.4 is 19.9 Å². The number of phenols is 1. The Kier molecular flexibility index (Phi) is 7.07. The number of fused-ring (bicyclic) bond motifs is 7. The number of benzene rings is 2. The Morgan fingerprint density at radius 1 is 0.955 bits per heavy atom. The van der Waals surface area contributed by atoms with Gasteiger partial charge in [-0.15, -0.1) is 0 Å². The molecule has 232 valence electrons. The molecule has 4 unspecified atom stereocenters. The van der Waals surface area contributed by atoms with E-state index in [1.54, 1.807) is 0 Å². The fourth-order valence-corrected chi connectivity index (χ4v) is 10.8. The predicted molar refractivity (Wildman–Crippen MR) is 182 cm³/mol. The van der Waals surface area contributed by atoms with Crippen LogP contribution in [0.5, 0.6) is 11.8 Å². The van der Waals surface area contributed by atoms with E-state index in [2.05, 4.69) is 60.8 Å². The van der Waals surface area contributed by atoms with Crippen molar-refractivity contribution in [3.05, 3.63) is 45.2 Å². The predicted octanol–water partition coefficient (Wildman–Crippen LogP) is 5.48. The smallest absolute Gasteiger partial charge is 0.318 e. The number of rotatable bonds is 6. The van der Waals surface area contributed by atoms with Crippen molar-refractivity contribution in [1.82, 2.24) is 20.2 Å². The van der Waals surface area contributed by atoms with Crippen LogP contribution in [0, 0.1) is 15.4 Å². The van der Waals surface area contributed by atoms with Gasteiger partial charge in [0.25, 0.3) is 0 Å². The van der Waals surface area contributed by atoms with Crippen molar-refractivity contribution in [3.8, 4) is 11.8 Å². The number of phenolic OH excluding ortho intramolecular Hbond substituents is 1. The molecule has 9 heteroatoms. The molecule has 0 radical (unpaired) electrons. The second-order valence-corrected chi connectivity index (χ2v) is 15.3. The summed E-state index contributed by atoms with van der Waals surface area (Å²) in [6.45, 7) is 5.56. The molecule has 0 spiro atoms. The van der Waals surface area contributed by atoms with Gasteiger partial charge in [0.05, 0.1) is 18.8 Å². The van der Waals surface area contributed by atoms with E-state index in [1.807, 2.05) is 12.1 Å². The van der Waals surface area contributed by atoms with Crippen molar-refractivity contribution in [1.29, 1.82) is 0 Å². The third kappa shape index (κ3) is 4.75. The topological polar surface area (TPSA) is 77.0 Å². The molecule has 9 rings (SSSR count). The van der Waals surface area contributed by atoms with Crippen molar-refractivity contribution in [3.63, 3.8) is 0 Å². The van der Waals surface area contributed by atoms with Crippen LogP contribution in [0.3, 0.4) is 0 Å². The Morgan fingerprint density at radius 3 is 2.70 bits per heavy atom. The number of nitrogens with one attached hydrogen (secondary N) is 1. The average molecular weight is 707 g/mol. The maximum absolute atomic E-state index is 10.7. The maximum atomic E-state index is 10.7. The summed E-state index contributed by atoms with van der Waals surface area (Å²) in [6.07, 6.45) is 11.4. The minimum absolute atomic E-state index is 0.307. The Labute approximate surface area is 273 Å². The zero-order valence-electron chi connectivity index (χ0n) is 25.4. The van der Waals surface area contributed by atoms with Gasteiger partial charge < -0.3 is 25.0 Å². The number of nitrogens with zero attached hydrogens (tertiary/aromatic N) is 5. The van der Waals surface area contributed by atoms with E-state index in [1.165, 1.54) is 66.0 Å². The minimum atomic E-state index is 0.307. The molecule has 2 N–H and O–H groups in total. The molecular weight excluding hydrogens is 663 g/mol. The van der Waals surface area contributed by atoms with Gasteiger partial charge in [-0.2, -0.15) is 9.97 Å². The maximum Gasteiger partial charge on any atom is 0.318 e. The summed E-state index contributed by atoms with van der Waals surface area (Å²) in [5, 5.41) is 16.7. The van der Waals surface area contributed by atoms with Crippen LogP contribution in [-0.2, 0) is 13.0 Å². The van der Waals surface area contributed by atoms with Crippen LogP contribution in [0.25, 0.3) is 10.8 Å². The van der Waals surface area contributed by atoms with E-state index in [4.69, 9.17) is 14.7 Å². The number of aromatic nitrogens is 2. The molecule has 1 saturated carbocycles. The molecule has 2 bridgehead atoms. The van der Waals surface area contributed by atoms with Gasteiger partial charge in [-0.1, -0.05) is 18.6 Å². The normalized spacial score (nSPS) is 31.0. The van der Waals surface area contributed by atoms with Crippen LogP contribution in [0.1, 0.15) is 62.6 Å². The van der Waals surface area contributed by atoms with Gasteiger partial charge in [0.1, 0.15) is 11.6 Å². The van der Waals surface area contributed by atoms with Crippen LogP contribution in [-0.4, -0.2) is 76.9 Å². The monoisotopic (exact) mass is 706 g/mol. The lowest BCUT2D eigenvalue weighted by molar-refractivity contribution is 0.205. The average Bonchev–Trinajstić information content (AvgIpc) is 3.81. The summed E-state index contributed by atoms with van der Waals surface area (Å²) in [7, 11) is 0. The van der Waals surface area contributed by atoms with Crippen molar-refractivity contribution in [2.24, 2.45) is 11.8 Å². The van der Waals surface area contributed by atoms with E-state index in [0.717, 1.165) is 79.0 Å². The van der Waals surface area contributed by atoms with Crippen molar-refractivity contribution >= 4 is 44.9 Å². The first kappa shape index (κ1) is 27.9. The van der Waals surface area contributed by atoms with Gasteiger partial charge in [0.2, 0.25) is 0 Å². The fourth-order valence-electron chi connectivity index (χ4n) is 10.0. The van der Waals surface area contributed by atoms with Gasteiger partial charge in [0, 0.05) is 70.1 Å². The lowest BCUT2D eigenvalue weighted by Gasteiger charge is -2.37. The van der Waals surface area contributed by atoms with Crippen LogP contribution in [0.15, 0.2) is 30.3 Å². The third-order valence-electron chi connectivity index (χ3n) is 11.8. The molecule has 2 aromatic carbocycles. The molecule has 44 heavy (non-hydrogen) atoms. The first-order valence-electron chi connectivity index (χ1n) is 17.0. The Bertz CT molecular complexity index is 1550. The highest BCUT2D eigenvalue weighted by molar-refractivity contribution is 14.1. The lowest BCUT2D eigenvalue weighted by Crippen LogP contribution is -2.52. The second-order valence-electron chi connectivity index (χ2n) is 14.2. The molecule has 6 atom stereocenters. The van der Waals surface area contributed by atoms with Gasteiger partial charge in [-0.05, 0) is 110 Å². The quantitative estimate of drug-likeness (QED) is 0.327. The summed E-state index contributed by atoms with van der Waals surface area (Å²) in [6, 6.07) is 13.3. The number of halogens is 1. The molecule has 4 saturated heterocycles. The van der Waals surface area contributed by atoms with E-state index < -0.39 is 0 Å². The number of hydrogen-bond acceptors (Lipinski definition) is 8. The lowest BCUT2D eigenvalue weighted by atomic mass is 9.84. The molecule has 1 aromatic heterocycles. The van der Waals surface area contributed by atoms with Gasteiger partial charge >= 0.3 is 6.01 Å². The summed E-state index contributed by atoms with van der Waals surface area (Å²) in [4.78, 5) is 18.1. The summed E-state index contributed by atoms with van der Waals surface area (Å²) < 4.78 is 7.73. The first-order valence-corrected chi connectivity index (χ1v) is 18.1. The molecule has 3 aromatic rings. The number of hydrogen-bond donors (Lipinski definition) is 2. The molecule has 8 nitrogen and oxygen atoms in total. The zero-order chi connectivity index (χ0) is 29.4. The molecular formula is C35H43IN6O2. The molecule has 1 aliphatic carbocycles. The zero-order valence-corrected chi connectivity index (χ0v) is 27.6. The van der Waals surface area contributed by atoms with Crippen LogP contribution in [0.4, 0.5) is 11.5 Å². The highest BCUT2D eigenvalue weighted by atomic mass is 127. The van der Waals surface area contributed by atoms with Gasteiger partial charge in [0.15, 0.2) is 0 Å². The van der Waals surface area contributed by atoms with Crippen molar-refractivity contribution in [2.45, 2.75) is 88.5 Å². The van der Waals surface area contributed by atoms with Crippen LogP contribution >= 0.6 is 22.6 Å². The first-order chi connectivity index (χ1) is 21.6. The Hall–Kier alpha value is -2.37. The number of aromatic hydroxyl groups is 1. The van der Waals surface area contributed by atoms with Gasteiger partial charge in [-0.3, -0.25) is 4.90 Å². The third-order valence-corrected chi connectivity index (χ3v) is 12.7. The summed E-state index contributed by atoms with van der Waals surface area (Å²) >= 11 is 2.42.